The summed E-state index contributed by atoms with van der Waals surface area (Å²) in [5.41, 5.74) is 7.49. The Kier molecular flexibility index (Phi) is 6.51. The number of rotatable bonds is 6. The number of nitrogens with zero attached hydrogens (tertiary/aromatic N) is 2. The molecule has 1 saturated carbocycles. The maximum atomic E-state index is 12.0. The van der Waals surface area contributed by atoms with Crippen LogP contribution < -0.4 is 10.2 Å². The topological polar surface area (TPSA) is 73.2 Å². The number of anilines is 2. The summed E-state index contributed by atoms with van der Waals surface area (Å²) in [7, 11) is 1.53. The molecule has 1 N–H and O–H groups in total. The third-order valence-electron chi connectivity index (χ3n) is 7.14. The Bertz CT molecular complexity index is 1400. The summed E-state index contributed by atoms with van der Waals surface area (Å²) >= 11 is 0. The van der Waals surface area contributed by atoms with Crippen LogP contribution in [-0.4, -0.2) is 25.3 Å². The maximum absolute atomic E-state index is 12.0. The Morgan fingerprint density at radius 1 is 0.944 bits per heavy atom. The second-order valence-corrected chi connectivity index (χ2v) is 9.25. The van der Waals surface area contributed by atoms with Crippen molar-refractivity contribution in [3.05, 3.63) is 100 Å². The van der Waals surface area contributed by atoms with E-state index in [1.54, 1.807) is 6.08 Å². The summed E-state index contributed by atoms with van der Waals surface area (Å²) in [6, 6.07) is 24.8. The van der Waals surface area contributed by atoms with Gasteiger partial charge in [-0.25, -0.2) is 0 Å². The van der Waals surface area contributed by atoms with Gasteiger partial charge in [-0.05, 0) is 65.4 Å². The quantitative estimate of drug-likeness (QED) is 0.203. The van der Waals surface area contributed by atoms with Crippen LogP contribution in [0.15, 0.2) is 72.3 Å². The van der Waals surface area contributed by atoms with Crippen LogP contribution in [0.3, 0.4) is 0 Å². The number of carbonyl (C=O) groups is 2. The highest BCUT2D eigenvalue weighted by Crippen LogP contribution is 2.52. The Balaban J connectivity index is 1.41. The molecule has 1 heterocycles. The SMILES string of the molecule is CNC(=O)C(C#N)=Cc1ccc2c(c1)C1CCCC1N2c1ccc(/C=C/c2ccc(C=O)cc2)cc1. The van der Waals surface area contributed by atoms with E-state index in [9.17, 15) is 14.9 Å². The van der Waals surface area contributed by atoms with Crippen molar-refractivity contribution in [3.8, 4) is 6.07 Å². The monoisotopic (exact) mass is 473 g/mol. The molecule has 0 bridgehead atoms. The minimum absolute atomic E-state index is 0.110. The van der Waals surface area contributed by atoms with Crippen LogP contribution in [0.1, 0.15) is 57.8 Å². The van der Waals surface area contributed by atoms with E-state index in [-0.39, 0.29) is 11.5 Å². The molecule has 1 aliphatic carbocycles. The fourth-order valence-electron chi connectivity index (χ4n) is 5.37. The molecule has 0 spiro atoms. The molecule has 1 fully saturated rings. The van der Waals surface area contributed by atoms with Gasteiger partial charge in [0.2, 0.25) is 0 Å². The summed E-state index contributed by atoms with van der Waals surface area (Å²) in [5, 5.41) is 11.9. The number of carbonyl (C=O) groups excluding carboxylic acids is 2. The third-order valence-corrected chi connectivity index (χ3v) is 7.14. The second-order valence-electron chi connectivity index (χ2n) is 9.25. The van der Waals surface area contributed by atoms with Gasteiger partial charge in [0.05, 0.1) is 0 Å². The third kappa shape index (κ3) is 4.46. The molecule has 5 nitrogen and oxygen atoms in total. The van der Waals surface area contributed by atoms with Crippen molar-refractivity contribution in [1.29, 1.82) is 5.26 Å². The molecule has 2 aliphatic rings. The first-order valence-corrected chi connectivity index (χ1v) is 12.2. The first-order chi connectivity index (χ1) is 17.6. The summed E-state index contributed by atoms with van der Waals surface area (Å²) in [6.45, 7) is 0. The lowest BCUT2D eigenvalue weighted by Crippen LogP contribution is -2.26. The van der Waals surface area contributed by atoms with E-state index in [2.05, 4.69) is 52.7 Å². The van der Waals surface area contributed by atoms with E-state index in [0.29, 0.717) is 17.5 Å². The van der Waals surface area contributed by atoms with Crippen LogP contribution in [0.5, 0.6) is 0 Å². The van der Waals surface area contributed by atoms with Gasteiger partial charge >= 0.3 is 0 Å². The van der Waals surface area contributed by atoms with Crippen LogP contribution in [0, 0.1) is 11.3 Å². The van der Waals surface area contributed by atoms with Gasteiger partial charge in [0, 0.05) is 35.9 Å². The number of likely N-dealkylation sites (N-methyl/N-ethyl adjacent to an activating group) is 1. The van der Waals surface area contributed by atoms with Gasteiger partial charge in [0.15, 0.2) is 0 Å². The molecule has 5 heteroatoms. The van der Waals surface area contributed by atoms with E-state index >= 15 is 0 Å². The van der Waals surface area contributed by atoms with Gasteiger partial charge in [-0.3, -0.25) is 9.59 Å². The molecule has 5 rings (SSSR count). The largest absolute Gasteiger partial charge is 0.354 e. The van der Waals surface area contributed by atoms with Crippen molar-refractivity contribution in [1.82, 2.24) is 5.32 Å². The Hall–Kier alpha value is -4.43. The van der Waals surface area contributed by atoms with Crippen LogP contribution in [0.2, 0.25) is 0 Å². The smallest absolute Gasteiger partial charge is 0.261 e. The molecule has 3 aromatic carbocycles. The first-order valence-electron chi connectivity index (χ1n) is 12.2. The molecule has 0 radical (unpaired) electrons. The van der Waals surface area contributed by atoms with Crippen molar-refractivity contribution in [2.45, 2.75) is 31.2 Å². The zero-order valence-corrected chi connectivity index (χ0v) is 20.1. The summed E-state index contributed by atoms with van der Waals surface area (Å²) in [6.07, 6.45) is 10.1. The molecule has 178 valence electrons. The molecule has 2 unspecified atom stereocenters. The molecular weight excluding hydrogens is 446 g/mol. The molecule has 2 atom stereocenters. The lowest BCUT2D eigenvalue weighted by atomic mass is 9.95. The predicted octanol–water partition coefficient (Wildman–Crippen LogP) is 6.11. The van der Waals surface area contributed by atoms with E-state index in [1.165, 1.54) is 30.4 Å². The maximum Gasteiger partial charge on any atom is 0.261 e. The average molecular weight is 474 g/mol. The normalized spacial score (nSPS) is 18.6. The second kappa shape index (κ2) is 10.1. The number of aldehydes is 1. The number of benzene rings is 3. The summed E-state index contributed by atoms with van der Waals surface area (Å²) in [4.78, 5) is 25.2. The highest BCUT2D eigenvalue weighted by Gasteiger charge is 2.42. The highest BCUT2D eigenvalue weighted by atomic mass is 16.1. The highest BCUT2D eigenvalue weighted by molar-refractivity contribution is 6.01. The lowest BCUT2D eigenvalue weighted by Gasteiger charge is -2.27. The number of hydrogen-bond acceptors (Lipinski definition) is 4. The number of nitriles is 1. The van der Waals surface area contributed by atoms with E-state index in [4.69, 9.17) is 0 Å². The minimum atomic E-state index is -0.370. The van der Waals surface area contributed by atoms with Gasteiger partial charge in [0.1, 0.15) is 17.9 Å². The zero-order chi connectivity index (χ0) is 25.1. The number of amides is 1. The predicted molar refractivity (Wildman–Crippen MR) is 144 cm³/mol. The molecule has 0 saturated heterocycles. The van der Waals surface area contributed by atoms with Crippen molar-refractivity contribution >= 4 is 41.8 Å². The average Bonchev–Trinajstić information content (AvgIpc) is 3.52. The van der Waals surface area contributed by atoms with Gasteiger partial charge in [-0.2, -0.15) is 5.26 Å². The van der Waals surface area contributed by atoms with Crippen molar-refractivity contribution in [2.24, 2.45) is 0 Å². The van der Waals surface area contributed by atoms with Crippen molar-refractivity contribution in [3.63, 3.8) is 0 Å². The van der Waals surface area contributed by atoms with Gasteiger partial charge in [0.25, 0.3) is 5.91 Å². The molecular formula is C31H27N3O2. The van der Waals surface area contributed by atoms with E-state index in [1.807, 2.05) is 42.5 Å². The van der Waals surface area contributed by atoms with Gasteiger partial charge in [-0.1, -0.05) is 61.0 Å². The zero-order valence-electron chi connectivity index (χ0n) is 20.1. The number of nitrogens with one attached hydrogen (secondary N) is 1. The van der Waals surface area contributed by atoms with E-state index < -0.39 is 0 Å². The van der Waals surface area contributed by atoms with Crippen molar-refractivity contribution in [2.75, 3.05) is 11.9 Å². The Morgan fingerprint density at radius 2 is 1.58 bits per heavy atom. The molecule has 1 amide bonds. The number of fused-ring (bicyclic) bond motifs is 3. The number of hydrogen-bond donors (Lipinski definition) is 1. The van der Waals surface area contributed by atoms with Gasteiger partial charge < -0.3 is 10.2 Å². The Labute approximate surface area is 211 Å². The fourth-order valence-corrected chi connectivity index (χ4v) is 5.37. The lowest BCUT2D eigenvalue weighted by molar-refractivity contribution is -0.116. The molecule has 3 aromatic rings. The standard InChI is InChI=1S/C31H27N3O2/c1-33-31(36)25(19-32)17-24-13-16-30-28(18-24)27-3-2-4-29(27)34(30)26-14-11-22(12-15-26)6-5-21-7-9-23(20-35)10-8-21/h5-18,20,27,29H,2-4H2,1H3,(H,33,36)/b6-5+,25-17?. The molecule has 1 aliphatic heterocycles. The summed E-state index contributed by atoms with van der Waals surface area (Å²) in [5.74, 6) is 0.0817. The van der Waals surface area contributed by atoms with Crippen LogP contribution in [-0.2, 0) is 4.79 Å². The Morgan fingerprint density at radius 3 is 2.22 bits per heavy atom. The molecule has 0 aromatic heterocycles. The first kappa shape index (κ1) is 23.3. The van der Waals surface area contributed by atoms with Crippen LogP contribution in [0.4, 0.5) is 11.4 Å². The molecule has 36 heavy (non-hydrogen) atoms. The van der Waals surface area contributed by atoms with E-state index in [0.717, 1.165) is 35.8 Å². The fraction of sp³-hybridized carbons (Fsp3) is 0.194. The summed E-state index contributed by atoms with van der Waals surface area (Å²) < 4.78 is 0. The minimum Gasteiger partial charge on any atom is -0.354 e. The van der Waals surface area contributed by atoms with Crippen LogP contribution >= 0.6 is 0 Å². The van der Waals surface area contributed by atoms with Gasteiger partial charge in [-0.15, -0.1) is 0 Å². The van der Waals surface area contributed by atoms with Crippen LogP contribution in [0.25, 0.3) is 18.2 Å². The van der Waals surface area contributed by atoms with Crippen molar-refractivity contribution < 1.29 is 9.59 Å².